The van der Waals surface area contributed by atoms with Crippen LogP contribution in [0.5, 0.6) is 5.75 Å². The molecule has 0 unspecified atom stereocenters. The molecule has 0 fully saturated rings. The number of aromatic amines is 1. The molecule has 0 bridgehead atoms. The monoisotopic (exact) mass is 317 g/mol. The van der Waals surface area contributed by atoms with E-state index >= 15 is 0 Å². The van der Waals surface area contributed by atoms with Gasteiger partial charge >= 0.3 is 0 Å². The number of hydrogen-bond acceptors (Lipinski definition) is 5. The summed E-state index contributed by atoms with van der Waals surface area (Å²) in [5.74, 6) is 0.461. The van der Waals surface area contributed by atoms with Gasteiger partial charge in [0, 0.05) is 17.9 Å². The lowest BCUT2D eigenvalue weighted by Gasteiger charge is -2.25. The van der Waals surface area contributed by atoms with E-state index in [1.807, 2.05) is 30.5 Å². The van der Waals surface area contributed by atoms with Crippen molar-refractivity contribution in [1.29, 1.82) is 0 Å². The maximum Gasteiger partial charge on any atom is 0.257 e. The number of hydrogen-bond donors (Lipinski definition) is 2. The van der Waals surface area contributed by atoms with E-state index in [0.29, 0.717) is 22.3 Å². The Bertz CT molecular complexity index is 788. The average molecular weight is 317 g/mol. The lowest BCUT2D eigenvalue weighted by molar-refractivity contribution is -0.116. The third kappa shape index (κ3) is 2.48. The highest BCUT2D eigenvalue weighted by atomic mass is 32.2. The van der Waals surface area contributed by atoms with Gasteiger partial charge in [-0.25, -0.2) is 4.98 Å². The first kappa shape index (κ1) is 14.6. The number of aromatic nitrogens is 2. The van der Waals surface area contributed by atoms with Crippen LogP contribution in [-0.4, -0.2) is 29.2 Å². The summed E-state index contributed by atoms with van der Waals surface area (Å²) in [6.07, 6.45) is 2.00. The predicted octanol–water partition coefficient (Wildman–Crippen LogP) is 1.97. The summed E-state index contributed by atoms with van der Waals surface area (Å²) in [6, 6.07) is 7.40. The summed E-state index contributed by atoms with van der Waals surface area (Å²) in [5.41, 5.74) is 1.05. The average Bonchev–Trinajstić information content (AvgIpc) is 2.53. The fourth-order valence-electron chi connectivity index (χ4n) is 2.67. The Hall–Kier alpha value is -2.28. The second-order valence-corrected chi connectivity index (χ2v) is 5.68. The SMILES string of the molecule is COc1ccccc1[C@H]1CC(=O)Nc2nc(SC)[nH]c(=O)c21. The molecule has 0 aliphatic carbocycles. The van der Waals surface area contributed by atoms with Crippen LogP contribution in [-0.2, 0) is 4.79 Å². The highest BCUT2D eigenvalue weighted by Crippen LogP contribution is 2.38. The number of benzene rings is 1. The number of fused-ring (bicyclic) bond motifs is 1. The number of anilines is 1. The maximum atomic E-state index is 12.4. The van der Waals surface area contributed by atoms with Crippen LogP contribution in [0.2, 0.25) is 0 Å². The van der Waals surface area contributed by atoms with Crippen LogP contribution in [0.4, 0.5) is 5.82 Å². The van der Waals surface area contributed by atoms with Crippen molar-refractivity contribution in [2.45, 2.75) is 17.5 Å². The lowest BCUT2D eigenvalue weighted by Crippen LogP contribution is -2.31. The highest BCUT2D eigenvalue weighted by molar-refractivity contribution is 7.98. The van der Waals surface area contributed by atoms with Crippen molar-refractivity contribution >= 4 is 23.5 Å². The molecule has 2 N–H and O–H groups in total. The second kappa shape index (κ2) is 5.84. The zero-order valence-corrected chi connectivity index (χ0v) is 13.0. The molecular weight excluding hydrogens is 302 g/mol. The van der Waals surface area contributed by atoms with E-state index in [-0.39, 0.29) is 23.8 Å². The largest absolute Gasteiger partial charge is 0.496 e. The fourth-order valence-corrected chi connectivity index (χ4v) is 3.04. The van der Waals surface area contributed by atoms with Gasteiger partial charge in [0.05, 0.1) is 12.7 Å². The zero-order chi connectivity index (χ0) is 15.7. The molecule has 114 valence electrons. The number of methoxy groups -OCH3 is 1. The van der Waals surface area contributed by atoms with Crippen molar-refractivity contribution in [2.75, 3.05) is 18.7 Å². The fraction of sp³-hybridized carbons (Fsp3) is 0.267. The minimum absolute atomic E-state index is 0.159. The van der Waals surface area contributed by atoms with E-state index in [4.69, 9.17) is 4.74 Å². The Balaban J connectivity index is 2.20. The number of carbonyl (C=O) groups is 1. The molecule has 1 aliphatic rings. The van der Waals surface area contributed by atoms with Crippen molar-refractivity contribution in [3.05, 3.63) is 45.7 Å². The Morgan fingerprint density at radius 3 is 2.82 bits per heavy atom. The van der Waals surface area contributed by atoms with Crippen molar-refractivity contribution in [1.82, 2.24) is 9.97 Å². The number of nitrogens with one attached hydrogen (secondary N) is 2. The van der Waals surface area contributed by atoms with Gasteiger partial charge in [0.2, 0.25) is 5.91 Å². The van der Waals surface area contributed by atoms with E-state index in [2.05, 4.69) is 15.3 Å². The molecule has 2 heterocycles. The number of H-pyrrole nitrogens is 1. The molecule has 0 radical (unpaired) electrons. The van der Waals surface area contributed by atoms with Crippen molar-refractivity contribution in [2.24, 2.45) is 0 Å². The Kier molecular flexibility index (Phi) is 3.89. The van der Waals surface area contributed by atoms with Gasteiger partial charge in [0.15, 0.2) is 5.16 Å². The van der Waals surface area contributed by atoms with Crippen LogP contribution in [0.1, 0.15) is 23.5 Å². The number of carbonyl (C=O) groups excluding carboxylic acids is 1. The molecule has 7 heteroatoms. The number of thioether (sulfide) groups is 1. The van der Waals surface area contributed by atoms with Gasteiger partial charge in [0.25, 0.3) is 5.56 Å². The van der Waals surface area contributed by atoms with Gasteiger partial charge in [-0.05, 0) is 12.3 Å². The van der Waals surface area contributed by atoms with E-state index in [1.54, 1.807) is 7.11 Å². The van der Waals surface area contributed by atoms with Crippen molar-refractivity contribution in [3.63, 3.8) is 0 Å². The molecule has 1 aliphatic heterocycles. The Morgan fingerprint density at radius 1 is 1.32 bits per heavy atom. The van der Waals surface area contributed by atoms with Crippen LogP contribution in [0.15, 0.2) is 34.2 Å². The van der Waals surface area contributed by atoms with Gasteiger partial charge in [-0.1, -0.05) is 30.0 Å². The molecule has 6 nitrogen and oxygen atoms in total. The number of amides is 1. The third-order valence-corrected chi connectivity index (χ3v) is 4.22. The lowest BCUT2D eigenvalue weighted by atomic mass is 9.86. The van der Waals surface area contributed by atoms with E-state index < -0.39 is 0 Å². The first-order chi connectivity index (χ1) is 10.6. The predicted molar refractivity (Wildman–Crippen MR) is 84.7 cm³/mol. The van der Waals surface area contributed by atoms with Gasteiger partial charge in [-0.3, -0.25) is 9.59 Å². The van der Waals surface area contributed by atoms with Crippen LogP contribution >= 0.6 is 11.8 Å². The molecule has 2 aromatic rings. The summed E-state index contributed by atoms with van der Waals surface area (Å²) >= 11 is 1.32. The summed E-state index contributed by atoms with van der Waals surface area (Å²) in [6.45, 7) is 0. The number of ether oxygens (including phenoxy) is 1. The van der Waals surface area contributed by atoms with Crippen LogP contribution < -0.4 is 15.6 Å². The van der Waals surface area contributed by atoms with E-state index in [9.17, 15) is 9.59 Å². The summed E-state index contributed by atoms with van der Waals surface area (Å²) < 4.78 is 5.37. The number of nitrogens with zero attached hydrogens (tertiary/aromatic N) is 1. The minimum Gasteiger partial charge on any atom is -0.496 e. The van der Waals surface area contributed by atoms with Gasteiger partial charge in [-0.2, -0.15) is 0 Å². The van der Waals surface area contributed by atoms with E-state index in [0.717, 1.165) is 5.56 Å². The molecule has 3 rings (SSSR count). The van der Waals surface area contributed by atoms with Gasteiger partial charge in [-0.15, -0.1) is 0 Å². The molecule has 1 aromatic heterocycles. The van der Waals surface area contributed by atoms with Crippen molar-refractivity contribution in [3.8, 4) is 5.75 Å². The smallest absolute Gasteiger partial charge is 0.257 e. The highest BCUT2D eigenvalue weighted by Gasteiger charge is 2.32. The van der Waals surface area contributed by atoms with Gasteiger partial charge < -0.3 is 15.0 Å². The summed E-state index contributed by atoms with van der Waals surface area (Å²) in [4.78, 5) is 31.5. The summed E-state index contributed by atoms with van der Waals surface area (Å²) in [5, 5.41) is 3.17. The molecule has 1 atom stereocenters. The molecule has 0 spiro atoms. The van der Waals surface area contributed by atoms with Crippen LogP contribution in [0.25, 0.3) is 0 Å². The standard InChI is InChI=1S/C15H15N3O3S/c1-21-10-6-4-3-5-8(10)9-7-11(19)16-13-12(9)14(20)18-15(17-13)22-2/h3-6,9H,7H2,1-2H3,(H2,16,17,18,19,20)/t9-/m1/s1. The first-order valence-corrected chi connectivity index (χ1v) is 7.97. The van der Waals surface area contributed by atoms with Crippen molar-refractivity contribution < 1.29 is 9.53 Å². The first-order valence-electron chi connectivity index (χ1n) is 6.75. The third-order valence-electron chi connectivity index (χ3n) is 3.64. The maximum absolute atomic E-state index is 12.4. The molecule has 0 saturated carbocycles. The molecule has 1 amide bonds. The Labute approximate surface area is 131 Å². The van der Waals surface area contributed by atoms with Crippen LogP contribution in [0, 0.1) is 0 Å². The quantitative estimate of drug-likeness (QED) is 0.668. The zero-order valence-electron chi connectivity index (χ0n) is 12.2. The normalized spacial score (nSPS) is 16.8. The van der Waals surface area contributed by atoms with Gasteiger partial charge in [0.1, 0.15) is 11.6 Å². The topological polar surface area (TPSA) is 84.1 Å². The molecular formula is C15H15N3O3S. The Morgan fingerprint density at radius 2 is 2.09 bits per heavy atom. The summed E-state index contributed by atoms with van der Waals surface area (Å²) in [7, 11) is 1.57. The minimum atomic E-state index is -0.368. The molecule has 0 saturated heterocycles. The van der Waals surface area contributed by atoms with Crippen LogP contribution in [0.3, 0.4) is 0 Å². The molecule has 22 heavy (non-hydrogen) atoms. The number of para-hydroxylation sites is 1. The molecule has 1 aromatic carbocycles. The number of rotatable bonds is 3. The second-order valence-electron chi connectivity index (χ2n) is 4.88. The van der Waals surface area contributed by atoms with E-state index in [1.165, 1.54) is 11.8 Å².